The molecule has 0 bridgehead atoms. The van der Waals surface area contributed by atoms with Crippen LogP contribution in [0.25, 0.3) is 10.1 Å². The summed E-state index contributed by atoms with van der Waals surface area (Å²) < 4.78 is 1.15. The molecule has 1 N–H and O–H groups in total. The summed E-state index contributed by atoms with van der Waals surface area (Å²) in [7, 11) is 0. The van der Waals surface area contributed by atoms with Crippen molar-refractivity contribution in [3.8, 4) is 0 Å². The van der Waals surface area contributed by atoms with Crippen LogP contribution in [-0.2, 0) is 6.42 Å². The third-order valence-corrected chi connectivity index (χ3v) is 7.04. The Labute approximate surface area is 170 Å². The van der Waals surface area contributed by atoms with E-state index in [9.17, 15) is 9.90 Å². The lowest BCUT2D eigenvalue weighted by molar-refractivity contribution is 0.0219. The highest BCUT2D eigenvalue weighted by Gasteiger charge is 2.36. The molecule has 1 amide bonds. The summed E-state index contributed by atoms with van der Waals surface area (Å²) in [6, 6.07) is 20.6. The van der Waals surface area contributed by atoms with Gasteiger partial charge in [0.15, 0.2) is 0 Å². The van der Waals surface area contributed by atoms with Crippen LogP contribution in [0, 0.1) is 5.41 Å². The fraction of sp³-hybridized carbons (Fsp3) is 0.375. The van der Waals surface area contributed by atoms with Crippen molar-refractivity contribution in [1.82, 2.24) is 4.90 Å². The van der Waals surface area contributed by atoms with E-state index < -0.39 is 0 Å². The number of hydrogen-bond acceptors (Lipinski definition) is 3. The number of fused-ring (bicyclic) bond motifs is 1. The highest BCUT2D eigenvalue weighted by Crippen LogP contribution is 2.36. The SMILES string of the molecule is O=C(c1cc2ccccc2s1)N1CCC[C@](CO)(CCCc2ccccc2)C1. The standard InChI is InChI=1S/C24H27NO2S/c26-18-24(13-6-10-19-8-2-1-3-9-19)14-7-15-25(17-24)23(27)22-16-20-11-4-5-12-21(20)28-22/h1-5,8-9,11-12,16,26H,6-7,10,13-15,17-18H2/t24-/m1/s1. The maximum Gasteiger partial charge on any atom is 0.263 e. The lowest BCUT2D eigenvalue weighted by atomic mass is 9.76. The van der Waals surface area contributed by atoms with Gasteiger partial charge in [-0.15, -0.1) is 11.3 Å². The highest BCUT2D eigenvalue weighted by molar-refractivity contribution is 7.20. The van der Waals surface area contributed by atoms with Gasteiger partial charge in [0.25, 0.3) is 5.91 Å². The molecule has 2 aromatic carbocycles. The maximum absolute atomic E-state index is 13.1. The van der Waals surface area contributed by atoms with Crippen LogP contribution in [0.1, 0.15) is 40.9 Å². The minimum atomic E-state index is -0.167. The number of likely N-dealkylation sites (tertiary alicyclic amines) is 1. The number of amides is 1. The maximum atomic E-state index is 13.1. The summed E-state index contributed by atoms with van der Waals surface area (Å²) in [5.41, 5.74) is 1.17. The average Bonchev–Trinajstić information content (AvgIpc) is 3.18. The van der Waals surface area contributed by atoms with Gasteiger partial charge in [0.1, 0.15) is 0 Å². The number of thiophene rings is 1. The number of aliphatic hydroxyl groups is 1. The first kappa shape index (κ1) is 19.2. The normalized spacial score (nSPS) is 19.8. The molecule has 3 aromatic rings. The van der Waals surface area contributed by atoms with Crippen molar-refractivity contribution in [2.75, 3.05) is 19.7 Å². The molecule has 2 heterocycles. The summed E-state index contributed by atoms with van der Waals surface area (Å²) in [6.45, 7) is 1.59. The van der Waals surface area contributed by atoms with E-state index >= 15 is 0 Å². The second kappa shape index (κ2) is 8.46. The van der Waals surface area contributed by atoms with Crippen molar-refractivity contribution in [2.24, 2.45) is 5.41 Å². The molecule has 1 atom stereocenters. The van der Waals surface area contributed by atoms with Crippen molar-refractivity contribution in [3.63, 3.8) is 0 Å². The Morgan fingerprint density at radius 3 is 2.68 bits per heavy atom. The molecule has 0 radical (unpaired) electrons. The van der Waals surface area contributed by atoms with E-state index in [1.165, 1.54) is 5.56 Å². The van der Waals surface area contributed by atoms with E-state index in [0.717, 1.165) is 53.6 Å². The minimum Gasteiger partial charge on any atom is -0.396 e. The van der Waals surface area contributed by atoms with Crippen LogP contribution in [0.2, 0.25) is 0 Å². The second-order valence-electron chi connectivity index (χ2n) is 7.98. The largest absolute Gasteiger partial charge is 0.396 e. The predicted octanol–water partition coefficient (Wildman–Crippen LogP) is 5.14. The molecule has 0 spiro atoms. The molecule has 146 valence electrons. The first-order valence-electron chi connectivity index (χ1n) is 10.1. The smallest absolute Gasteiger partial charge is 0.263 e. The van der Waals surface area contributed by atoms with Crippen LogP contribution in [0.4, 0.5) is 0 Å². The molecule has 4 heteroatoms. The van der Waals surface area contributed by atoms with E-state index in [-0.39, 0.29) is 17.9 Å². The van der Waals surface area contributed by atoms with Gasteiger partial charge in [-0.3, -0.25) is 4.79 Å². The number of hydrogen-bond donors (Lipinski definition) is 1. The quantitative estimate of drug-likeness (QED) is 0.630. The Balaban J connectivity index is 1.43. The first-order valence-corrected chi connectivity index (χ1v) is 10.9. The number of aryl methyl sites for hydroxylation is 1. The van der Waals surface area contributed by atoms with Crippen LogP contribution >= 0.6 is 11.3 Å². The molecule has 28 heavy (non-hydrogen) atoms. The highest BCUT2D eigenvalue weighted by atomic mass is 32.1. The number of carbonyl (C=O) groups excluding carboxylic acids is 1. The van der Waals surface area contributed by atoms with Gasteiger partial charge in [-0.2, -0.15) is 0 Å². The first-order chi connectivity index (χ1) is 13.7. The third-order valence-electron chi connectivity index (χ3n) is 5.94. The number of carbonyl (C=O) groups is 1. The molecule has 1 saturated heterocycles. The lowest BCUT2D eigenvalue weighted by Gasteiger charge is -2.42. The number of rotatable bonds is 6. The van der Waals surface area contributed by atoms with E-state index in [4.69, 9.17) is 0 Å². The van der Waals surface area contributed by atoms with E-state index in [1.807, 2.05) is 29.2 Å². The predicted molar refractivity (Wildman–Crippen MR) is 116 cm³/mol. The van der Waals surface area contributed by atoms with E-state index in [0.29, 0.717) is 6.54 Å². The average molecular weight is 394 g/mol. The van der Waals surface area contributed by atoms with Gasteiger partial charge in [0.05, 0.1) is 11.5 Å². The zero-order chi connectivity index (χ0) is 19.4. The number of piperidine rings is 1. The minimum absolute atomic E-state index is 0.113. The molecular weight excluding hydrogens is 366 g/mol. The number of aliphatic hydroxyl groups excluding tert-OH is 1. The van der Waals surface area contributed by atoms with Crippen LogP contribution in [0.15, 0.2) is 60.7 Å². The molecule has 3 nitrogen and oxygen atoms in total. The third kappa shape index (κ3) is 4.13. The number of nitrogens with zero attached hydrogens (tertiary/aromatic N) is 1. The van der Waals surface area contributed by atoms with Crippen molar-refractivity contribution < 1.29 is 9.90 Å². The monoisotopic (exact) mass is 393 g/mol. The second-order valence-corrected chi connectivity index (χ2v) is 9.06. The zero-order valence-corrected chi connectivity index (χ0v) is 17.0. The van der Waals surface area contributed by atoms with Crippen LogP contribution < -0.4 is 0 Å². The fourth-order valence-electron chi connectivity index (χ4n) is 4.35. The fourth-order valence-corrected chi connectivity index (χ4v) is 5.38. The summed E-state index contributed by atoms with van der Waals surface area (Å²) >= 11 is 1.57. The van der Waals surface area contributed by atoms with Crippen LogP contribution in [0.5, 0.6) is 0 Å². The molecule has 1 aliphatic heterocycles. The topological polar surface area (TPSA) is 40.5 Å². The van der Waals surface area contributed by atoms with Gasteiger partial charge < -0.3 is 10.0 Å². The molecule has 4 rings (SSSR count). The lowest BCUT2D eigenvalue weighted by Crippen LogP contribution is -2.47. The van der Waals surface area contributed by atoms with Crippen molar-refractivity contribution >= 4 is 27.3 Å². The van der Waals surface area contributed by atoms with Gasteiger partial charge in [0, 0.05) is 23.2 Å². The Morgan fingerprint density at radius 2 is 1.89 bits per heavy atom. The van der Waals surface area contributed by atoms with Crippen molar-refractivity contribution in [2.45, 2.75) is 32.1 Å². The molecule has 0 saturated carbocycles. The molecule has 0 unspecified atom stereocenters. The Bertz CT molecular complexity index is 903. The summed E-state index contributed by atoms with van der Waals surface area (Å²) in [6.07, 6.45) is 4.97. The van der Waals surface area contributed by atoms with Gasteiger partial charge in [0.2, 0.25) is 0 Å². The number of benzene rings is 2. The Morgan fingerprint density at radius 1 is 1.11 bits per heavy atom. The van der Waals surface area contributed by atoms with Crippen molar-refractivity contribution in [3.05, 3.63) is 71.1 Å². The Kier molecular flexibility index (Phi) is 5.79. The summed E-state index contributed by atoms with van der Waals surface area (Å²) in [5, 5.41) is 11.3. The van der Waals surface area contributed by atoms with Gasteiger partial charge in [-0.05, 0) is 55.2 Å². The molecule has 1 aromatic heterocycles. The Hall–Kier alpha value is -2.17. The summed E-state index contributed by atoms with van der Waals surface area (Å²) in [4.78, 5) is 15.9. The zero-order valence-electron chi connectivity index (χ0n) is 16.1. The van der Waals surface area contributed by atoms with Gasteiger partial charge in [-0.1, -0.05) is 48.5 Å². The molecule has 1 aliphatic rings. The van der Waals surface area contributed by atoms with E-state index in [1.54, 1.807) is 11.3 Å². The van der Waals surface area contributed by atoms with Crippen LogP contribution in [0.3, 0.4) is 0 Å². The molecule has 1 fully saturated rings. The van der Waals surface area contributed by atoms with Crippen LogP contribution in [-0.4, -0.2) is 35.6 Å². The van der Waals surface area contributed by atoms with E-state index in [2.05, 4.69) is 36.4 Å². The molecular formula is C24H27NO2S. The van der Waals surface area contributed by atoms with Crippen molar-refractivity contribution in [1.29, 1.82) is 0 Å². The molecule has 0 aliphatic carbocycles. The summed E-state index contributed by atoms with van der Waals surface area (Å²) in [5.74, 6) is 0.113. The van der Waals surface area contributed by atoms with Gasteiger partial charge in [-0.25, -0.2) is 0 Å². The van der Waals surface area contributed by atoms with Gasteiger partial charge >= 0.3 is 0 Å².